The molecule has 0 saturated heterocycles. The number of aromatic nitrogens is 2. The quantitative estimate of drug-likeness (QED) is 0.633. The molecule has 1 heterocycles. The molecule has 0 atom stereocenters. The molecule has 0 unspecified atom stereocenters. The normalized spacial score (nSPS) is 10.8. The molecule has 0 amide bonds. The first kappa shape index (κ1) is 13.2. The van der Waals surface area contributed by atoms with E-state index < -0.39 is 0 Å². The van der Waals surface area contributed by atoms with Crippen LogP contribution in [0.3, 0.4) is 0 Å². The van der Waals surface area contributed by atoms with Gasteiger partial charge in [0.05, 0.1) is 17.8 Å². The van der Waals surface area contributed by atoms with E-state index in [4.69, 9.17) is 0 Å². The largest absolute Gasteiger partial charge is 0.346 e. The molecular weight excluding hydrogens is 264 g/mol. The molecule has 0 aliphatic heterocycles. The number of para-hydroxylation sites is 1. The van der Waals surface area contributed by atoms with Gasteiger partial charge in [-0.1, -0.05) is 30.3 Å². The van der Waals surface area contributed by atoms with Crippen LogP contribution in [-0.4, -0.2) is 4.57 Å². The van der Waals surface area contributed by atoms with Crippen molar-refractivity contribution in [2.45, 2.75) is 6.92 Å². The third kappa shape index (κ3) is 2.14. The van der Waals surface area contributed by atoms with E-state index in [9.17, 15) is 9.59 Å². The molecule has 0 fully saturated rings. The van der Waals surface area contributed by atoms with Gasteiger partial charge in [-0.3, -0.25) is 0 Å². The van der Waals surface area contributed by atoms with Crippen LogP contribution in [0.1, 0.15) is 5.56 Å². The fourth-order valence-electron chi connectivity index (χ4n) is 2.46. The van der Waals surface area contributed by atoms with Crippen LogP contribution in [0.25, 0.3) is 16.5 Å². The Morgan fingerprint density at radius 2 is 1.52 bits per heavy atom. The molecule has 0 saturated carbocycles. The van der Waals surface area contributed by atoms with Gasteiger partial charge in [-0.15, -0.1) is 0 Å². The summed E-state index contributed by atoms with van der Waals surface area (Å²) in [6.45, 7) is 1.94. The third-order valence-electron chi connectivity index (χ3n) is 3.59. The Morgan fingerprint density at radius 3 is 2.24 bits per heavy atom. The Hall–Kier alpha value is -2.75. The summed E-state index contributed by atoms with van der Waals surface area (Å²) in [6.07, 6.45) is 1.55. The summed E-state index contributed by atoms with van der Waals surface area (Å²) in [5.74, 6) is 0. The van der Waals surface area contributed by atoms with Crippen molar-refractivity contribution >= 4 is 10.8 Å². The minimum Gasteiger partial charge on any atom is -0.241 e. The second kappa shape index (κ2) is 4.98. The van der Waals surface area contributed by atoms with Crippen LogP contribution in [0.15, 0.2) is 64.4 Å². The van der Waals surface area contributed by atoms with E-state index >= 15 is 0 Å². The van der Waals surface area contributed by atoms with Gasteiger partial charge in [0.15, 0.2) is 0 Å². The highest BCUT2D eigenvalue weighted by molar-refractivity contribution is 5.79. The summed E-state index contributed by atoms with van der Waals surface area (Å²) >= 11 is 0. The monoisotopic (exact) mass is 279 g/mol. The highest BCUT2D eigenvalue weighted by Crippen LogP contribution is 2.11. The highest BCUT2D eigenvalue weighted by Gasteiger charge is 2.15. The van der Waals surface area contributed by atoms with E-state index in [1.165, 1.54) is 9.13 Å². The number of hydrogen-bond donors (Lipinski definition) is 0. The SMILES string of the molecule is Cc1ccccc1-n1c[n+](C)c(=O)c2ccccc2c1=O. The first-order chi connectivity index (χ1) is 10.1. The summed E-state index contributed by atoms with van der Waals surface area (Å²) < 4.78 is 2.97. The third-order valence-corrected chi connectivity index (χ3v) is 3.59. The molecule has 1 aromatic heterocycles. The van der Waals surface area contributed by atoms with Gasteiger partial charge in [-0.2, -0.15) is 4.57 Å². The predicted octanol–water partition coefficient (Wildman–Crippen LogP) is 1.48. The molecule has 0 radical (unpaired) electrons. The van der Waals surface area contributed by atoms with E-state index in [-0.39, 0.29) is 11.1 Å². The molecule has 4 nitrogen and oxygen atoms in total. The second-order valence-electron chi connectivity index (χ2n) is 5.04. The van der Waals surface area contributed by atoms with E-state index in [0.29, 0.717) is 10.8 Å². The second-order valence-corrected chi connectivity index (χ2v) is 5.04. The van der Waals surface area contributed by atoms with Crippen LogP contribution in [-0.2, 0) is 7.05 Å². The van der Waals surface area contributed by atoms with Crippen LogP contribution >= 0.6 is 0 Å². The van der Waals surface area contributed by atoms with Crippen molar-refractivity contribution in [1.29, 1.82) is 0 Å². The maximum Gasteiger partial charge on any atom is 0.346 e. The molecule has 0 aliphatic rings. The van der Waals surface area contributed by atoms with Crippen molar-refractivity contribution < 1.29 is 4.57 Å². The lowest BCUT2D eigenvalue weighted by atomic mass is 10.2. The minimum atomic E-state index is -0.197. The Labute approximate surface area is 121 Å². The average Bonchev–Trinajstić information content (AvgIpc) is 2.59. The molecule has 3 aromatic rings. The van der Waals surface area contributed by atoms with Gasteiger partial charge < -0.3 is 0 Å². The lowest BCUT2D eigenvalue weighted by molar-refractivity contribution is -0.687. The van der Waals surface area contributed by atoms with Crippen molar-refractivity contribution in [3.8, 4) is 5.69 Å². The maximum atomic E-state index is 12.8. The minimum absolute atomic E-state index is 0.185. The van der Waals surface area contributed by atoms with E-state index in [2.05, 4.69) is 0 Å². The fraction of sp³-hybridized carbons (Fsp3) is 0.118. The number of aryl methyl sites for hydroxylation is 2. The van der Waals surface area contributed by atoms with E-state index in [1.54, 1.807) is 37.6 Å². The topological polar surface area (TPSA) is 43.0 Å². The van der Waals surface area contributed by atoms with Crippen LogP contribution < -0.4 is 15.7 Å². The zero-order valence-corrected chi connectivity index (χ0v) is 11.9. The number of rotatable bonds is 1. The van der Waals surface area contributed by atoms with Gasteiger partial charge >= 0.3 is 11.1 Å². The van der Waals surface area contributed by atoms with Gasteiger partial charge in [-0.05, 0) is 30.7 Å². The number of fused-ring (bicyclic) bond motifs is 1. The molecule has 0 N–H and O–H groups in total. The van der Waals surface area contributed by atoms with Crippen molar-refractivity contribution in [2.75, 3.05) is 0 Å². The van der Waals surface area contributed by atoms with Crippen molar-refractivity contribution in [3.63, 3.8) is 0 Å². The average molecular weight is 279 g/mol. The Balaban J connectivity index is 2.56. The number of benzene rings is 2. The van der Waals surface area contributed by atoms with Gasteiger partial charge in [-0.25, -0.2) is 14.2 Å². The fourth-order valence-corrected chi connectivity index (χ4v) is 2.46. The molecule has 2 aromatic carbocycles. The molecule has 0 spiro atoms. The molecule has 21 heavy (non-hydrogen) atoms. The van der Waals surface area contributed by atoms with Crippen LogP contribution in [0.5, 0.6) is 0 Å². The molecule has 104 valence electrons. The molecule has 3 rings (SSSR count). The van der Waals surface area contributed by atoms with Gasteiger partial charge in [0.1, 0.15) is 5.69 Å². The zero-order valence-electron chi connectivity index (χ0n) is 11.9. The summed E-state index contributed by atoms with van der Waals surface area (Å²) in [5, 5.41) is 0.851. The number of nitrogens with zero attached hydrogens (tertiary/aromatic N) is 2. The Bertz CT molecular complexity index is 958. The van der Waals surface area contributed by atoms with Crippen LogP contribution in [0.4, 0.5) is 0 Å². The van der Waals surface area contributed by atoms with E-state index in [0.717, 1.165) is 11.3 Å². The van der Waals surface area contributed by atoms with Crippen LogP contribution in [0.2, 0.25) is 0 Å². The summed E-state index contributed by atoms with van der Waals surface area (Å²) in [5.41, 5.74) is 1.37. The number of hydrogen-bond acceptors (Lipinski definition) is 2. The molecular formula is C17H15N2O2+. The predicted molar refractivity (Wildman–Crippen MR) is 81.7 cm³/mol. The molecule has 0 bridgehead atoms. The lowest BCUT2D eigenvalue weighted by Crippen LogP contribution is -2.45. The first-order valence-electron chi connectivity index (χ1n) is 6.70. The van der Waals surface area contributed by atoms with Crippen molar-refractivity contribution in [3.05, 3.63) is 81.1 Å². The highest BCUT2D eigenvalue weighted by atomic mass is 16.1. The van der Waals surface area contributed by atoms with Crippen molar-refractivity contribution in [2.24, 2.45) is 7.05 Å². The van der Waals surface area contributed by atoms with Crippen LogP contribution in [0, 0.1) is 6.92 Å². The first-order valence-corrected chi connectivity index (χ1v) is 6.70. The van der Waals surface area contributed by atoms with Gasteiger partial charge in [0, 0.05) is 0 Å². The van der Waals surface area contributed by atoms with Gasteiger partial charge in [0.25, 0.3) is 6.33 Å². The summed E-state index contributed by atoms with van der Waals surface area (Å²) in [4.78, 5) is 25.2. The Kier molecular flexibility index (Phi) is 3.14. The maximum absolute atomic E-state index is 12.8. The summed E-state index contributed by atoms with van der Waals surface area (Å²) in [6, 6.07) is 14.5. The van der Waals surface area contributed by atoms with Crippen molar-refractivity contribution in [1.82, 2.24) is 4.57 Å². The Morgan fingerprint density at radius 1 is 0.905 bits per heavy atom. The van der Waals surface area contributed by atoms with Gasteiger partial charge in [0.2, 0.25) is 0 Å². The van der Waals surface area contributed by atoms with E-state index in [1.807, 2.05) is 31.2 Å². The standard InChI is InChI=1S/C17H15N2O2/c1-12-7-3-6-10-15(12)19-11-18(2)16(20)13-8-4-5-9-14(13)17(19)21/h3-11H,1-2H3/q+1. The summed E-state index contributed by atoms with van der Waals surface area (Å²) in [7, 11) is 1.66. The smallest absolute Gasteiger partial charge is 0.241 e. The molecule has 4 heteroatoms. The lowest BCUT2D eigenvalue weighted by Gasteiger charge is -2.00. The molecule has 0 aliphatic carbocycles. The zero-order chi connectivity index (χ0) is 15.0.